The van der Waals surface area contributed by atoms with Gasteiger partial charge in [0.25, 0.3) is 5.91 Å². The van der Waals surface area contributed by atoms with E-state index < -0.39 is 18.0 Å². The first-order valence-electron chi connectivity index (χ1n) is 9.31. The Labute approximate surface area is 178 Å². The van der Waals surface area contributed by atoms with Crippen molar-refractivity contribution in [2.45, 2.75) is 13.3 Å². The molecule has 1 amide bonds. The molecule has 0 saturated carbocycles. The number of halogens is 3. The van der Waals surface area contributed by atoms with Crippen molar-refractivity contribution in [3.05, 3.63) is 60.6 Å². The molecule has 164 valence electrons. The van der Waals surface area contributed by atoms with E-state index in [9.17, 15) is 18.0 Å². The molecular weight excluding hydrogens is 429 g/mol. The second-order valence-electron chi connectivity index (χ2n) is 6.29. The summed E-state index contributed by atoms with van der Waals surface area (Å²) in [4.78, 5) is 25.1. The summed E-state index contributed by atoms with van der Waals surface area (Å²) in [6.07, 6.45) is -0.654. The fourth-order valence-electron chi connectivity index (χ4n) is 2.86. The zero-order valence-electron chi connectivity index (χ0n) is 16.5. The molecule has 0 fully saturated rings. The number of nitrogens with zero attached hydrogens (tertiary/aromatic N) is 5. The summed E-state index contributed by atoms with van der Waals surface area (Å²) < 4.78 is 48.9. The third-order valence-electron chi connectivity index (χ3n) is 4.15. The number of nitrogens with one attached hydrogen (secondary N) is 1. The first-order chi connectivity index (χ1) is 15.3. The lowest BCUT2D eigenvalue weighted by atomic mass is 10.1. The summed E-state index contributed by atoms with van der Waals surface area (Å²) in [7, 11) is 0. The fourth-order valence-corrected chi connectivity index (χ4v) is 2.86. The Balaban J connectivity index is 1.67. The van der Waals surface area contributed by atoms with E-state index in [1.54, 1.807) is 13.0 Å². The highest BCUT2D eigenvalue weighted by molar-refractivity contribution is 6.07. The summed E-state index contributed by atoms with van der Waals surface area (Å²) in [5.74, 6) is -0.773. The zero-order chi connectivity index (χ0) is 22.7. The SMILES string of the molecule is CCOc1nccc(NC(=O)c2cnn3ccc(-c4ccccc4OC(F)(F)F)nc23)n1. The summed E-state index contributed by atoms with van der Waals surface area (Å²) in [6, 6.07) is 8.65. The molecule has 0 bridgehead atoms. The van der Waals surface area contributed by atoms with Gasteiger partial charge in [-0.05, 0) is 31.2 Å². The van der Waals surface area contributed by atoms with Crippen molar-refractivity contribution in [2.24, 2.45) is 0 Å². The summed E-state index contributed by atoms with van der Waals surface area (Å²) >= 11 is 0. The van der Waals surface area contributed by atoms with Crippen LogP contribution in [0.3, 0.4) is 0 Å². The molecule has 0 aliphatic carbocycles. The van der Waals surface area contributed by atoms with Gasteiger partial charge in [-0.1, -0.05) is 12.1 Å². The molecule has 0 aliphatic heterocycles. The molecule has 32 heavy (non-hydrogen) atoms. The number of fused-ring (bicyclic) bond motifs is 1. The molecule has 1 aromatic carbocycles. The van der Waals surface area contributed by atoms with Crippen LogP contribution in [0.15, 0.2) is 55.0 Å². The van der Waals surface area contributed by atoms with Crippen molar-refractivity contribution in [2.75, 3.05) is 11.9 Å². The van der Waals surface area contributed by atoms with Crippen LogP contribution in [0.5, 0.6) is 11.8 Å². The highest BCUT2D eigenvalue weighted by Crippen LogP contribution is 2.33. The number of carbonyl (C=O) groups is 1. The molecule has 4 aromatic rings. The molecular formula is C20H15F3N6O3. The number of aromatic nitrogens is 5. The fraction of sp³-hybridized carbons (Fsp3) is 0.150. The van der Waals surface area contributed by atoms with E-state index in [-0.39, 0.29) is 34.3 Å². The molecule has 0 spiro atoms. The van der Waals surface area contributed by atoms with Gasteiger partial charge in [-0.3, -0.25) is 4.79 Å². The van der Waals surface area contributed by atoms with Crippen molar-refractivity contribution >= 4 is 17.4 Å². The minimum atomic E-state index is -4.86. The summed E-state index contributed by atoms with van der Waals surface area (Å²) in [5, 5.41) is 6.67. The minimum absolute atomic E-state index is 0.0950. The highest BCUT2D eigenvalue weighted by atomic mass is 19.4. The first kappa shape index (κ1) is 21.0. The predicted molar refractivity (Wildman–Crippen MR) is 106 cm³/mol. The minimum Gasteiger partial charge on any atom is -0.464 e. The van der Waals surface area contributed by atoms with E-state index in [2.05, 4.69) is 30.1 Å². The van der Waals surface area contributed by atoms with Gasteiger partial charge in [-0.15, -0.1) is 13.2 Å². The number of alkyl halides is 3. The van der Waals surface area contributed by atoms with Crippen LogP contribution < -0.4 is 14.8 Å². The molecule has 12 heteroatoms. The van der Waals surface area contributed by atoms with Crippen LogP contribution in [-0.2, 0) is 0 Å². The highest BCUT2D eigenvalue weighted by Gasteiger charge is 2.32. The lowest BCUT2D eigenvalue weighted by Crippen LogP contribution is -2.17. The Morgan fingerprint density at radius 2 is 1.97 bits per heavy atom. The predicted octanol–water partition coefficient (Wildman–Crippen LogP) is 3.74. The molecule has 3 heterocycles. The molecule has 4 rings (SSSR count). The topological polar surface area (TPSA) is 104 Å². The molecule has 1 N–H and O–H groups in total. The number of hydrogen-bond donors (Lipinski definition) is 1. The Hall–Kier alpha value is -4.22. The summed E-state index contributed by atoms with van der Waals surface area (Å²) in [6.45, 7) is 2.13. The lowest BCUT2D eigenvalue weighted by molar-refractivity contribution is -0.274. The number of anilines is 1. The van der Waals surface area contributed by atoms with Gasteiger partial charge >= 0.3 is 12.4 Å². The van der Waals surface area contributed by atoms with Crippen LogP contribution in [0, 0.1) is 0 Å². The normalized spacial score (nSPS) is 11.4. The first-order valence-corrected chi connectivity index (χ1v) is 9.31. The molecule has 0 atom stereocenters. The van der Waals surface area contributed by atoms with Crippen LogP contribution in [0.25, 0.3) is 16.9 Å². The number of para-hydroxylation sites is 1. The van der Waals surface area contributed by atoms with E-state index in [0.717, 1.165) is 0 Å². The van der Waals surface area contributed by atoms with E-state index in [0.29, 0.717) is 6.61 Å². The van der Waals surface area contributed by atoms with Gasteiger partial charge in [0, 0.05) is 18.0 Å². The number of carbonyl (C=O) groups excluding carboxylic acids is 1. The Morgan fingerprint density at radius 1 is 1.16 bits per heavy atom. The largest absolute Gasteiger partial charge is 0.573 e. The zero-order valence-corrected chi connectivity index (χ0v) is 16.5. The molecule has 9 nitrogen and oxygen atoms in total. The van der Waals surface area contributed by atoms with Crippen molar-refractivity contribution in [1.82, 2.24) is 24.6 Å². The quantitative estimate of drug-likeness (QED) is 0.483. The van der Waals surface area contributed by atoms with Gasteiger partial charge < -0.3 is 14.8 Å². The van der Waals surface area contributed by atoms with E-state index >= 15 is 0 Å². The second-order valence-corrected chi connectivity index (χ2v) is 6.29. The van der Waals surface area contributed by atoms with Gasteiger partial charge in [0.1, 0.15) is 17.1 Å². The third-order valence-corrected chi connectivity index (χ3v) is 4.15. The van der Waals surface area contributed by atoms with Gasteiger partial charge in [-0.25, -0.2) is 14.5 Å². The Bertz CT molecular complexity index is 1270. The number of benzene rings is 1. The van der Waals surface area contributed by atoms with Crippen molar-refractivity contribution in [3.8, 4) is 23.0 Å². The standard InChI is InChI=1S/C20H15F3N6O3/c1-2-31-19-24-9-7-16(28-19)27-18(30)13-11-25-29-10-8-14(26-17(13)29)12-5-3-4-6-15(12)32-20(21,22)23/h3-11H,2H2,1H3,(H,24,27,28,30). The van der Waals surface area contributed by atoms with Crippen molar-refractivity contribution < 1.29 is 27.4 Å². The van der Waals surface area contributed by atoms with Gasteiger partial charge in [0.05, 0.1) is 18.5 Å². The molecule has 3 aromatic heterocycles. The Morgan fingerprint density at radius 3 is 2.75 bits per heavy atom. The lowest BCUT2D eigenvalue weighted by Gasteiger charge is -2.13. The molecule has 0 aliphatic rings. The number of amides is 1. The van der Waals surface area contributed by atoms with Crippen LogP contribution in [0.2, 0.25) is 0 Å². The van der Waals surface area contributed by atoms with Gasteiger partial charge in [0.2, 0.25) is 0 Å². The average Bonchev–Trinajstić information content (AvgIpc) is 3.17. The van der Waals surface area contributed by atoms with Crippen LogP contribution in [-0.4, -0.2) is 43.4 Å². The Kier molecular flexibility index (Phi) is 5.58. The third kappa shape index (κ3) is 4.58. The smallest absolute Gasteiger partial charge is 0.464 e. The van der Waals surface area contributed by atoms with Crippen LogP contribution >= 0.6 is 0 Å². The molecule has 0 unspecified atom stereocenters. The van der Waals surface area contributed by atoms with E-state index in [1.807, 2.05) is 0 Å². The molecule has 0 radical (unpaired) electrons. The van der Waals surface area contributed by atoms with E-state index in [1.165, 1.54) is 53.4 Å². The van der Waals surface area contributed by atoms with Crippen molar-refractivity contribution in [3.63, 3.8) is 0 Å². The maximum atomic E-state index is 12.8. The maximum absolute atomic E-state index is 12.8. The second kappa shape index (κ2) is 8.49. The number of rotatable bonds is 6. The maximum Gasteiger partial charge on any atom is 0.573 e. The van der Waals surface area contributed by atoms with Crippen LogP contribution in [0.1, 0.15) is 17.3 Å². The monoisotopic (exact) mass is 444 g/mol. The average molecular weight is 444 g/mol. The number of hydrogen-bond acceptors (Lipinski definition) is 7. The summed E-state index contributed by atoms with van der Waals surface area (Å²) in [5.41, 5.74) is 0.517. The van der Waals surface area contributed by atoms with E-state index in [4.69, 9.17) is 4.74 Å². The number of ether oxygens (including phenoxy) is 2. The van der Waals surface area contributed by atoms with Crippen molar-refractivity contribution in [1.29, 1.82) is 0 Å². The molecule has 0 saturated heterocycles. The van der Waals surface area contributed by atoms with Gasteiger partial charge in [-0.2, -0.15) is 10.1 Å². The van der Waals surface area contributed by atoms with Crippen LogP contribution in [0.4, 0.5) is 19.0 Å². The van der Waals surface area contributed by atoms with Gasteiger partial charge in [0.15, 0.2) is 5.65 Å².